The maximum Gasteiger partial charge on any atom is 0.0349 e. The van der Waals surface area contributed by atoms with Gasteiger partial charge in [-0.25, -0.2) is 0 Å². The van der Waals surface area contributed by atoms with E-state index in [2.05, 4.69) is 12.1 Å². The Labute approximate surface area is 91.7 Å². The number of para-hydroxylation sites is 1. The lowest BCUT2D eigenvalue weighted by Crippen LogP contribution is -2.20. The average Bonchev–Trinajstić information content (AvgIpc) is 2.75. The maximum absolute atomic E-state index is 6.01. The molecule has 0 aromatic heterocycles. The molecular weight excluding hydrogens is 184 g/mol. The predicted molar refractivity (Wildman–Crippen MR) is 64.6 cm³/mol. The highest BCUT2D eigenvalue weighted by Gasteiger charge is 2.26. The number of nitrogens with two attached hydrogens (primary N) is 2. The first-order valence-electron chi connectivity index (χ1n) is 5.87. The van der Waals surface area contributed by atoms with Crippen LogP contribution in [0.25, 0.3) is 0 Å². The van der Waals surface area contributed by atoms with Gasteiger partial charge in [-0.05, 0) is 36.9 Å². The van der Waals surface area contributed by atoms with Crippen LogP contribution >= 0.6 is 0 Å². The molecule has 2 heteroatoms. The number of rotatable bonds is 3. The fourth-order valence-electron chi connectivity index (χ4n) is 2.78. The van der Waals surface area contributed by atoms with Crippen LogP contribution in [0.3, 0.4) is 0 Å². The molecule has 0 aliphatic heterocycles. The molecule has 4 N–H and O–H groups in total. The van der Waals surface area contributed by atoms with Gasteiger partial charge in [0.05, 0.1) is 0 Å². The molecule has 1 saturated carbocycles. The van der Waals surface area contributed by atoms with E-state index in [0.717, 1.165) is 18.2 Å². The van der Waals surface area contributed by atoms with Gasteiger partial charge in [0.2, 0.25) is 0 Å². The standard InChI is InChI=1S/C13H20N2/c14-9-12(10-5-1-2-6-10)11-7-3-4-8-13(11)15/h3-4,7-8,10,12H,1-2,5-6,9,14-15H2. The van der Waals surface area contributed by atoms with Crippen molar-refractivity contribution in [3.05, 3.63) is 29.8 Å². The fourth-order valence-corrected chi connectivity index (χ4v) is 2.78. The summed E-state index contributed by atoms with van der Waals surface area (Å²) in [5, 5.41) is 0. The van der Waals surface area contributed by atoms with Gasteiger partial charge in [0.25, 0.3) is 0 Å². The maximum atomic E-state index is 6.01. The molecule has 0 heterocycles. The Morgan fingerprint density at radius 3 is 2.47 bits per heavy atom. The van der Waals surface area contributed by atoms with E-state index in [1.807, 2.05) is 12.1 Å². The lowest BCUT2D eigenvalue weighted by molar-refractivity contribution is 0.441. The molecule has 1 atom stereocenters. The third kappa shape index (κ3) is 2.15. The first kappa shape index (κ1) is 10.5. The highest BCUT2D eigenvalue weighted by Crippen LogP contribution is 2.38. The largest absolute Gasteiger partial charge is 0.398 e. The van der Waals surface area contributed by atoms with Gasteiger partial charge in [0.1, 0.15) is 0 Å². The van der Waals surface area contributed by atoms with Crippen LogP contribution in [-0.4, -0.2) is 6.54 Å². The van der Waals surface area contributed by atoms with Crippen molar-refractivity contribution in [2.45, 2.75) is 31.6 Å². The molecule has 0 bridgehead atoms. The zero-order valence-corrected chi connectivity index (χ0v) is 9.15. The Morgan fingerprint density at radius 1 is 1.20 bits per heavy atom. The number of anilines is 1. The van der Waals surface area contributed by atoms with Crippen molar-refractivity contribution < 1.29 is 0 Å². The summed E-state index contributed by atoms with van der Waals surface area (Å²) < 4.78 is 0. The molecule has 0 spiro atoms. The van der Waals surface area contributed by atoms with E-state index in [1.54, 1.807) is 0 Å². The predicted octanol–water partition coefficient (Wildman–Crippen LogP) is 2.50. The molecule has 0 radical (unpaired) electrons. The van der Waals surface area contributed by atoms with Crippen LogP contribution in [0.15, 0.2) is 24.3 Å². The second-order valence-electron chi connectivity index (χ2n) is 4.52. The first-order chi connectivity index (χ1) is 7.33. The van der Waals surface area contributed by atoms with Gasteiger partial charge in [-0.3, -0.25) is 0 Å². The Balaban J connectivity index is 2.22. The minimum Gasteiger partial charge on any atom is -0.398 e. The molecule has 0 amide bonds. The van der Waals surface area contributed by atoms with E-state index >= 15 is 0 Å². The van der Waals surface area contributed by atoms with E-state index in [-0.39, 0.29) is 0 Å². The molecular formula is C13H20N2. The number of benzene rings is 1. The summed E-state index contributed by atoms with van der Waals surface area (Å²) in [6.45, 7) is 0.721. The molecule has 15 heavy (non-hydrogen) atoms. The molecule has 2 rings (SSSR count). The van der Waals surface area contributed by atoms with Crippen LogP contribution in [0, 0.1) is 5.92 Å². The third-order valence-corrected chi connectivity index (χ3v) is 3.62. The summed E-state index contributed by atoms with van der Waals surface area (Å²) in [7, 11) is 0. The molecule has 1 unspecified atom stereocenters. The van der Waals surface area contributed by atoms with E-state index < -0.39 is 0 Å². The van der Waals surface area contributed by atoms with Crippen molar-refractivity contribution in [1.29, 1.82) is 0 Å². The average molecular weight is 204 g/mol. The molecule has 2 nitrogen and oxygen atoms in total. The summed E-state index contributed by atoms with van der Waals surface area (Å²) in [6, 6.07) is 8.16. The van der Waals surface area contributed by atoms with Crippen molar-refractivity contribution in [3.63, 3.8) is 0 Å². The van der Waals surface area contributed by atoms with Gasteiger partial charge in [0.15, 0.2) is 0 Å². The normalized spacial score (nSPS) is 19.3. The van der Waals surface area contributed by atoms with Crippen LogP contribution < -0.4 is 11.5 Å². The minimum absolute atomic E-state index is 0.466. The van der Waals surface area contributed by atoms with E-state index in [0.29, 0.717) is 5.92 Å². The van der Waals surface area contributed by atoms with Gasteiger partial charge in [-0.2, -0.15) is 0 Å². The minimum atomic E-state index is 0.466. The summed E-state index contributed by atoms with van der Waals surface area (Å²) in [4.78, 5) is 0. The second-order valence-corrected chi connectivity index (χ2v) is 4.52. The Bertz CT molecular complexity index is 316. The summed E-state index contributed by atoms with van der Waals surface area (Å²) in [5.41, 5.74) is 14.1. The quantitative estimate of drug-likeness (QED) is 0.743. The first-order valence-corrected chi connectivity index (χ1v) is 5.87. The van der Waals surface area contributed by atoms with Crippen molar-refractivity contribution in [2.75, 3.05) is 12.3 Å². The molecule has 1 aromatic carbocycles. The topological polar surface area (TPSA) is 52.0 Å². The molecule has 1 aliphatic carbocycles. The van der Waals surface area contributed by atoms with Crippen LogP contribution in [0.4, 0.5) is 5.69 Å². The van der Waals surface area contributed by atoms with Crippen molar-refractivity contribution in [1.82, 2.24) is 0 Å². The third-order valence-electron chi connectivity index (χ3n) is 3.62. The Kier molecular flexibility index (Phi) is 3.27. The van der Waals surface area contributed by atoms with Crippen molar-refractivity contribution >= 4 is 5.69 Å². The van der Waals surface area contributed by atoms with Crippen molar-refractivity contribution in [3.8, 4) is 0 Å². The van der Waals surface area contributed by atoms with E-state index in [4.69, 9.17) is 11.5 Å². The van der Waals surface area contributed by atoms with Crippen LogP contribution in [-0.2, 0) is 0 Å². The zero-order valence-electron chi connectivity index (χ0n) is 9.15. The summed E-state index contributed by atoms with van der Waals surface area (Å²) in [6.07, 6.45) is 5.34. The van der Waals surface area contributed by atoms with Gasteiger partial charge in [-0.15, -0.1) is 0 Å². The molecule has 0 saturated heterocycles. The monoisotopic (exact) mass is 204 g/mol. The highest BCUT2D eigenvalue weighted by molar-refractivity contribution is 5.48. The van der Waals surface area contributed by atoms with Gasteiger partial charge in [0, 0.05) is 11.6 Å². The van der Waals surface area contributed by atoms with Crippen LogP contribution in [0.5, 0.6) is 0 Å². The van der Waals surface area contributed by atoms with Crippen LogP contribution in [0.1, 0.15) is 37.2 Å². The fraction of sp³-hybridized carbons (Fsp3) is 0.538. The number of nitrogen functional groups attached to an aromatic ring is 1. The van der Waals surface area contributed by atoms with Gasteiger partial charge < -0.3 is 11.5 Å². The summed E-state index contributed by atoms with van der Waals surface area (Å²) >= 11 is 0. The van der Waals surface area contributed by atoms with Crippen LogP contribution in [0.2, 0.25) is 0 Å². The highest BCUT2D eigenvalue weighted by atomic mass is 14.6. The van der Waals surface area contributed by atoms with Gasteiger partial charge >= 0.3 is 0 Å². The SMILES string of the molecule is NCC(c1ccccc1N)C1CCCC1. The number of hydrogen-bond acceptors (Lipinski definition) is 2. The molecule has 1 aromatic rings. The van der Waals surface area contributed by atoms with Crippen molar-refractivity contribution in [2.24, 2.45) is 11.7 Å². The lowest BCUT2D eigenvalue weighted by atomic mass is 9.84. The van der Waals surface area contributed by atoms with E-state index in [1.165, 1.54) is 31.2 Å². The Morgan fingerprint density at radius 2 is 1.87 bits per heavy atom. The lowest BCUT2D eigenvalue weighted by Gasteiger charge is -2.23. The smallest absolute Gasteiger partial charge is 0.0349 e. The number of hydrogen-bond donors (Lipinski definition) is 2. The molecule has 82 valence electrons. The van der Waals surface area contributed by atoms with E-state index in [9.17, 15) is 0 Å². The zero-order chi connectivity index (χ0) is 10.7. The second kappa shape index (κ2) is 4.67. The summed E-state index contributed by atoms with van der Waals surface area (Å²) in [5.74, 6) is 1.22. The molecule has 1 fully saturated rings. The molecule has 1 aliphatic rings. The Hall–Kier alpha value is -1.02. The van der Waals surface area contributed by atoms with Gasteiger partial charge in [-0.1, -0.05) is 31.0 Å².